The second-order valence-corrected chi connectivity index (χ2v) is 8.05. The van der Waals surface area contributed by atoms with Gasteiger partial charge in [0, 0.05) is 36.8 Å². The number of Topliss-reactive ketones (excluding diaryl/α,β-unsaturated/α-hetero) is 1. The Balaban J connectivity index is 1.34. The molecule has 0 saturated carbocycles. The molecule has 0 radical (unpaired) electrons. The van der Waals surface area contributed by atoms with Crippen LogP contribution in [-0.2, 0) is 10.3 Å². The van der Waals surface area contributed by atoms with Crippen molar-refractivity contribution in [1.82, 2.24) is 20.1 Å². The molecule has 0 aliphatic carbocycles. The van der Waals surface area contributed by atoms with Crippen molar-refractivity contribution in [3.63, 3.8) is 0 Å². The second kappa shape index (κ2) is 7.26. The van der Waals surface area contributed by atoms with Gasteiger partial charge < -0.3 is 19.9 Å². The fraction of sp³-hybridized carbons (Fsp3) is 0.364. The summed E-state index contributed by atoms with van der Waals surface area (Å²) in [5.74, 6) is -0.487. The second-order valence-electron chi connectivity index (χ2n) is 8.05. The summed E-state index contributed by atoms with van der Waals surface area (Å²) in [5, 5.41) is 2.78. The van der Waals surface area contributed by atoms with Crippen LogP contribution in [0.5, 0.6) is 5.75 Å². The van der Waals surface area contributed by atoms with Gasteiger partial charge >= 0.3 is 6.03 Å². The molecule has 2 saturated heterocycles. The molecule has 3 aliphatic rings. The Bertz CT molecular complexity index is 1090. The molecular weight excluding hydrogens is 400 g/mol. The van der Waals surface area contributed by atoms with Crippen molar-refractivity contribution >= 4 is 23.6 Å². The van der Waals surface area contributed by atoms with E-state index in [1.54, 1.807) is 29.2 Å². The number of ketones is 1. The molecule has 31 heavy (non-hydrogen) atoms. The molecule has 2 aromatic rings. The number of ether oxygens (including phenoxy) is 1. The minimum absolute atomic E-state index is 0.149. The lowest BCUT2D eigenvalue weighted by atomic mass is 9.84. The highest BCUT2D eigenvalue weighted by atomic mass is 16.5. The van der Waals surface area contributed by atoms with Crippen molar-refractivity contribution in [2.45, 2.75) is 24.8 Å². The minimum atomic E-state index is -1.22. The summed E-state index contributed by atoms with van der Waals surface area (Å²) in [6.45, 7) is 1.29. The number of nitrogens with one attached hydrogen (secondary N) is 2. The standard InChI is InChI=1S/C22H22N4O5/c27-17(14-11-16(23-12-14)19(28)25-8-3-4-9-25)13-26-20(29)22(24-21(26)30)7-10-31-18-6-2-1-5-15(18)22/h1-2,5-6,11-12,23H,3-4,7-10,13H2,(H,24,30)/t22-/m1/s1. The molecule has 0 unspecified atom stereocenters. The van der Waals surface area contributed by atoms with Crippen LogP contribution in [0, 0.1) is 0 Å². The number of carbonyl (C=O) groups is 4. The third-order valence-electron chi connectivity index (χ3n) is 6.19. The van der Waals surface area contributed by atoms with Crippen LogP contribution < -0.4 is 10.1 Å². The van der Waals surface area contributed by atoms with Gasteiger partial charge in [-0.2, -0.15) is 0 Å². The third kappa shape index (κ3) is 3.08. The number of urea groups is 1. The first-order chi connectivity index (χ1) is 15.0. The average molecular weight is 422 g/mol. The Labute approximate surface area is 178 Å². The number of aromatic amines is 1. The monoisotopic (exact) mass is 422 g/mol. The maximum absolute atomic E-state index is 13.3. The Kier molecular flexibility index (Phi) is 4.53. The number of benzene rings is 1. The molecule has 5 rings (SSSR count). The number of aromatic nitrogens is 1. The SMILES string of the molecule is O=C(CN1C(=O)N[C@@]2(CCOc3ccccc32)C1=O)c1c[nH]c(C(=O)N2CCCC2)c1. The molecule has 3 aliphatic heterocycles. The number of amides is 4. The van der Waals surface area contributed by atoms with Crippen molar-refractivity contribution in [2.75, 3.05) is 26.2 Å². The van der Waals surface area contributed by atoms with Crippen LogP contribution in [-0.4, -0.2) is 64.7 Å². The van der Waals surface area contributed by atoms with Crippen LogP contribution >= 0.6 is 0 Å². The van der Waals surface area contributed by atoms with E-state index in [0.29, 0.717) is 30.1 Å². The Morgan fingerprint density at radius 1 is 1.13 bits per heavy atom. The lowest BCUT2D eigenvalue weighted by Gasteiger charge is -2.33. The van der Waals surface area contributed by atoms with Gasteiger partial charge in [0.25, 0.3) is 11.8 Å². The smallest absolute Gasteiger partial charge is 0.325 e. The van der Waals surface area contributed by atoms with E-state index in [0.717, 1.165) is 17.7 Å². The van der Waals surface area contributed by atoms with E-state index in [-0.39, 0.29) is 24.5 Å². The molecule has 9 heteroatoms. The molecule has 2 N–H and O–H groups in total. The predicted molar refractivity (Wildman–Crippen MR) is 109 cm³/mol. The van der Waals surface area contributed by atoms with Crippen molar-refractivity contribution in [3.8, 4) is 5.75 Å². The van der Waals surface area contributed by atoms with Gasteiger partial charge in [0.05, 0.1) is 13.2 Å². The van der Waals surface area contributed by atoms with Crippen molar-refractivity contribution in [2.24, 2.45) is 0 Å². The minimum Gasteiger partial charge on any atom is -0.493 e. The van der Waals surface area contributed by atoms with Gasteiger partial charge in [-0.1, -0.05) is 18.2 Å². The van der Waals surface area contributed by atoms with E-state index < -0.39 is 29.8 Å². The van der Waals surface area contributed by atoms with Crippen LogP contribution in [0.15, 0.2) is 36.5 Å². The number of fused-ring (bicyclic) bond motifs is 2. The largest absolute Gasteiger partial charge is 0.493 e. The molecule has 0 bridgehead atoms. The van der Waals surface area contributed by atoms with E-state index in [9.17, 15) is 19.2 Å². The molecule has 4 amide bonds. The van der Waals surface area contributed by atoms with Gasteiger partial charge in [0.15, 0.2) is 11.3 Å². The maximum atomic E-state index is 13.3. The Morgan fingerprint density at radius 2 is 1.90 bits per heavy atom. The molecule has 1 aromatic heterocycles. The van der Waals surface area contributed by atoms with Crippen LogP contribution in [0.4, 0.5) is 4.79 Å². The van der Waals surface area contributed by atoms with Crippen molar-refractivity contribution in [1.29, 1.82) is 0 Å². The summed E-state index contributed by atoms with van der Waals surface area (Å²) in [4.78, 5) is 56.8. The summed E-state index contributed by atoms with van der Waals surface area (Å²) in [6, 6.07) is 7.96. The zero-order chi connectivity index (χ0) is 21.6. The number of hydrogen-bond acceptors (Lipinski definition) is 5. The summed E-state index contributed by atoms with van der Waals surface area (Å²) in [5.41, 5.74) is -0.0373. The van der Waals surface area contributed by atoms with Crippen LogP contribution in [0.2, 0.25) is 0 Å². The van der Waals surface area contributed by atoms with E-state index in [1.807, 2.05) is 0 Å². The summed E-state index contributed by atoms with van der Waals surface area (Å²) in [6.07, 6.45) is 3.68. The molecule has 2 fully saturated rings. The first kappa shape index (κ1) is 19.3. The van der Waals surface area contributed by atoms with Crippen LogP contribution in [0.1, 0.15) is 45.7 Å². The van der Waals surface area contributed by atoms with Gasteiger partial charge in [0.2, 0.25) is 0 Å². The van der Waals surface area contributed by atoms with Gasteiger partial charge in [-0.3, -0.25) is 19.3 Å². The summed E-state index contributed by atoms with van der Waals surface area (Å²) in [7, 11) is 0. The molecule has 1 aromatic carbocycles. The van der Waals surface area contributed by atoms with Crippen LogP contribution in [0.3, 0.4) is 0 Å². The first-order valence-electron chi connectivity index (χ1n) is 10.4. The topological polar surface area (TPSA) is 112 Å². The normalized spacial score (nSPS) is 22.5. The highest BCUT2D eigenvalue weighted by Gasteiger charge is 2.55. The number of carbonyl (C=O) groups excluding carboxylic acids is 4. The number of H-pyrrole nitrogens is 1. The highest BCUT2D eigenvalue weighted by Crippen LogP contribution is 2.40. The van der Waals surface area contributed by atoms with Crippen LogP contribution in [0.25, 0.3) is 0 Å². The zero-order valence-electron chi connectivity index (χ0n) is 16.8. The number of imide groups is 1. The lowest BCUT2D eigenvalue weighted by Crippen LogP contribution is -2.47. The Morgan fingerprint density at radius 3 is 2.71 bits per heavy atom. The zero-order valence-corrected chi connectivity index (χ0v) is 16.8. The number of rotatable bonds is 4. The van der Waals surface area contributed by atoms with Crippen molar-refractivity contribution < 1.29 is 23.9 Å². The van der Waals surface area contributed by atoms with Gasteiger partial charge in [-0.15, -0.1) is 0 Å². The predicted octanol–water partition coefficient (Wildman–Crippen LogP) is 1.66. The maximum Gasteiger partial charge on any atom is 0.325 e. The van der Waals surface area contributed by atoms with Gasteiger partial charge in [-0.05, 0) is 25.0 Å². The van der Waals surface area contributed by atoms with E-state index in [2.05, 4.69) is 10.3 Å². The van der Waals surface area contributed by atoms with E-state index in [1.165, 1.54) is 12.3 Å². The molecule has 1 atom stereocenters. The molecule has 1 spiro atoms. The average Bonchev–Trinajstić information content (AvgIpc) is 3.52. The fourth-order valence-corrected chi connectivity index (χ4v) is 4.52. The van der Waals surface area contributed by atoms with Gasteiger partial charge in [0.1, 0.15) is 11.4 Å². The summed E-state index contributed by atoms with van der Waals surface area (Å²) < 4.78 is 5.62. The quantitative estimate of drug-likeness (QED) is 0.575. The first-order valence-corrected chi connectivity index (χ1v) is 10.4. The highest BCUT2D eigenvalue weighted by molar-refractivity contribution is 6.12. The Hall–Kier alpha value is -3.62. The number of para-hydroxylation sites is 1. The third-order valence-corrected chi connectivity index (χ3v) is 6.19. The van der Waals surface area contributed by atoms with E-state index >= 15 is 0 Å². The number of hydrogen-bond donors (Lipinski definition) is 2. The molecule has 160 valence electrons. The molecular formula is C22H22N4O5. The molecule has 9 nitrogen and oxygen atoms in total. The lowest BCUT2D eigenvalue weighted by molar-refractivity contribution is -0.132. The summed E-state index contributed by atoms with van der Waals surface area (Å²) >= 11 is 0. The fourth-order valence-electron chi connectivity index (χ4n) is 4.52. The van der Waals surface area contributed by atoms with Crippen molar-refractivity contribution in [3.05, 3.63) is 53.3 Å². The number of nitrogens with zero attached hydrogens (tertiary/aromatic N) is 2. The number of likely N-dealkylation sites (tertiary alicyclic amines) is 1. The van der Waals surface area contributed by atoms with E-state index in [4.69, 9.17) is 4.74 Å². The molecule has 4 heterocycles. The van der Waals surface area contributed by atoms with Gasteiger partial charge in [-0.25, -0.2) is 4.79 Å².